The number of amides is 3. The molecule has 2 N–H and O–H groups in total. The Bertz CT molecular complexity index is 1590. The van der Waals surface area contributed by atoms with Crippen LogP contribution in [-0.4, -0.2) is 110 Å². The fourth-order valence-electron chi connectivity index (χ4n) is 6.02. The van der Waals surface area contributed by atoms with E-state index in [1.54, 1.807) is 17.0 Å². The Kier molecular flexibility index (Phi) is 11.8. The first kappa shape index (κ1) is 35.7. The highest BCUT2D eigenvalue weighted by Crippen LogP contribution is 2.28. The quantitative estimate of drug-likeness (QED) is 0.324. The third-order valence-corrected chi connectivity index (χ3v) is 8.71. The van der Waals surface area contributed by atoms with Crippen LogP contribution in [0.3, 0.4) is 0 Å². The highest BCUT2D eigenvalue weighted by Gasteiger charge is 2.28. The van der Waals surface area contributed by atoms with Crippen molar-refractivity contribution in [3.05, 3.63) is 95.6 Å². The molecule has 49 heavy (non-hydrogen) atoms. The third-order valence-electron chi connectivity index (χ3n) is 8.71. The number of carbonyl (C=O) groups excluding carboxylic acids is 3. The fraction of sp³-hybridized carbons (Fsp3) is 0.432. The van der Waals surface area contributed by atoms with Gasteiger partial charge in [0.2, 0.25) is 5.91 Å². The Morgan fingerprint density at radius 3 is 2.04 bits per heavy atom. The molecule has 2 aliphatic rings. The SMILES string of the molecule is CC(C)(C)OC(=O)N1CCN(CCN2CCN(c3ccc(F)cc3NC(=O)C(Cc3ccccc3)NC(=O)c3ccccc3F)CC2)CC1. The fourth-order valence-corrected chi connectivity index (χ4v) is 6.02. The zero-order valence-corrected chi connectivity index (χ0v) is 28.5. The van der Waals surface area contributed by atoms with Crippen molar-refractivity contribution in [1.82, 2.24) is 20.0 Å². The Morgan fingerprint density at radius 2 is 1.41 bits per heavy atom. The molecule has 3 aromatic rings. The van der Waals surface area contributed by atoms with Gasteiger partial charge in [0.15, 0.2) is 0 Å². The summed E-state index contributed by atoms with van der Waals surface area (Å²) in [6, 6.07) is 18.1. The molecular formula is C37H46F2N6O4. The van der Waals surface area contributed by atoms with Crippen molar-refractivity contribution in [2.75, 3.05) is 75.7 Å². The summed E-state index contributed by atoms with van der Waals surface area (Å²) in [5.74, 6) is -2.44. The van der Waals surface area contributed by atoms with Crippen LogP contribution in [0.2, 0.25) is 0 Å². The van der Waals surface area contributed by atoms with Gasteiger partial charge in [-0.3, -0.25) is 19.4 Å². The summed E-state index contributed by atoms with van der Waals surface area (Å²) in [7, 11) is 0. The van der Waals surface area contributed by atoms with E-state index >= 15 is 0 Å². The number of piperazine rings is 2. The number of hydrogen-bond acceptors (Lipinski definition) is 7. The first-order chi connectivity index (χ1) is 23.4. The second-order valence-corrected chi connectivity index (χ2v) is 13.5. The average Bonchev–Trinajstić information content (AvgIpc) is 3.07. The normalized spacial score (nSPS) is 16.6. The van der Waals surface area contributed by atoms with Gasteiger partial charge < -0.3 is 25.2 Å². The molecule has 3 aromatic carbocycles. The molecule has 0 spiro atoms. The van der Waals surface area contributed by atoms with Gasteiger partial charge in [-0.2, -0.15) is 0 Å². The minimum absolute atomic E-state index is 0.159. The maximum atomic E-state index is 14.5. The summed E-state index contributed by atoms with van der Waals surface area (Å²) in [5.41, 5.74) is 1.12. The standard InChI is InChI=1S/C37H46F2N6O4/c1-37(2,3)49-36(48)45-23-19-43(20-24-45)16-15-42-17-21-44(22-18-42)33-14-13-28(38)26-31(33)40-35(47)32(25-27-9-5-4-6-10-27)41-34(46)29-11-7-8-12-30(29)39/h4-14,26,32H,15-25H2,1-3H3,(H,40,47)(H,41,46). The zero-order valence-electron chi connectivity index (χ0n) is 28.5. The van der Waals surface area contributed by atoms with E-state index in [2.05, 4.69) is 25.3 Å². The van der Waals surface area contributed by atoms with Gasteiger partial charge in [-0.25, -0.2) is 13.6 Å². The molecule has 2 saturated heterocycles. The van der Waals surface area contributed by atoms with Crippen molar-refractivity contribution in [1.29, 1.82) is 0 Å². The van der Waals surface area contributed by atoms with Gasteiger partial charge in [0.1, 0.15) is 23.3 Å². The van der Waals surface area contributed by atoms with Crippen LogP contribution in [0.15, 0.2) is 72.8 Å². The molecule has 0 saturated carbocycles. The molecule has 2 fully saturated rings. The number of carbonyl (C=O) groups is 3. The Morgan fingerprint density at radius 1 is 0.796 bits per heavy atom. The molecule has 1 unspecified atom stereocenters. The highest BCUT2D eigenvalue weighted by atomic mass is 19.1. The number of hydrogen-bond donors (Lipinski definition) is 2. The Labute approximate surface area is 287 Å². The van der Waals surface area contributed by atoms with Crippen molar-refractivity contribution in [3.63, 3.8) is 0 Å². The molecule has 262 valence electrons. The van der Waals surface area contributed by atoms with E-state index in [0.29, 0.717) is 37.6 Å². The van der Waals surface area contributed by atoms with Crippen molar-refractivity contribution < 1.29 is 27.9 Å². The van der Waals surface area contributed by atoms with Crippen molar-refractivity contribution in [2.24, 2.45) is 0 Å². The van der Waals surface area contributed by atoms with Gasteiger partial charge >= 0.3 is 6.09 Å². The smallest absolute Gasteiger partial charge is 0.410 e. The van der Waals surface area contributed by atoms with E-state index in [1.807, 2.05) is 51.1 Å². The van der Waals surface area contributed by atoms with E-state index < -0.39 is 35.1 Å². The zero-order chi connectivity index (χ0) is 35.0. The molecule has 2 aliphatic heterocycles. The molecule has 5 rings (SSSR count). The summed E-state index contributed by atoms with van der Waals surface area (Å²) in [4.78, 5) is 47.8. The first-order valence-electron chi connectivity index (χ1n) is 16.8. The van der Waals surface area contributed by atoms with Crippen LogP contribution >= 0.6 is 0 Å². The number of benzene rings is 3. The largest absolute Gasteiger partial charge is 0.444 e. The molecule has 0 bridgehead atoms. The van der Waals surface area contributed by atoms with Crippen LogP contribution in [-0.2, 0) is 16.0 Å². The van der Waals surface area contributed by atoms with Crippen LogP contribution in [0.4, 0.5) is 25.0 Å². The van der Waals surface area contributed by atoms with Crippen LogP contribution < -0.4 is 15.5 Å². The van der Waals surface area contributed by atoms with Crippen LogP contribution in [0.1, 0.15) is 36.7 Å². The van der Waals surface area contributed by atoms with Gasteiger partial charge in [-0.1, -0.05) is 42.5 Å². The maximum Gasteiger partial charge on any atom is 0.410 e. The van der Waals surface area contributed by atoms with Gasteiger partial charge in [-0.15, -0.1) is 0 Å². The number of rotatable bonds is 10. The molecule has 10 nitrogen and oxygen atoms in total. The van der Waals surface area contributed by atoms with Crippen molar-refractivity contribution in [3.8, 4) is 0 Å². The van der Waals surface area contributed by atoms with Crippen LogP contribution in [0, 0.1) is 11.6 Å². The van der Waals surface area contributed by atoms with E-state index in [4.69, 9.17) is 4.74 Å². The minimum Gasteiger partial charge on any atom is -0.444 e. The number of ether oxygens (including phenoxy) is 1. The molecule has 1 atom stereocenters. The van der Waals surface area contributed by atoms with E-state index in [9.17, 15) is 23.2 Å². The number of halogens is 2. The third kappa shape index (κ3) is 10.2. The predicted octanol–water partition coefficient (Wildman–Crippen LogP) is 4.62. The van der Waals surface area contributed by atoms with Crippen LogP contribution in [0.25, 0.3) is 0 Å². The topological polar surface area (TPSA) is 97.5 Å². The summed E-state index contributed by atoms with van der Waals surface area (Å²) >= 11 is 0. The number of anilines is 2. The van der Waals surface area contributed by atoms with E-state index in [0.717, 1.165) is 44.8 Å². The lowest BCUT2D eigenvalue weighted by atomic mass is 10.0. The summed E-state index contributed by atoms with van der Waals surface area (Å²) in [6.45, 7) is 13.2. The minimum atomic E-state index is -1.05. The van der Waals surface area contributed by atoms with Gasteiger partial charge in [-0.05, 0) is 56.7 Å². The predicted molar refractivity (Wildman–Crippen MR) is 186 cm³/mol. The maximum absolute atomic E-state index is 14.5. The van der Waals surface area contributed by atoms with E-state index in [-0.39, 0.29) is 18.1 Å². The number of nitrogens with zero attached hydrogens (tertiary/aromatic N) is 4. The first-order valence-corrected chi connectivity index (χ1v) is 16.8. The molecule has 3 amide bonds. The van der Waals surface area contributed by atoms with Gasteiger partial charge in [0.05, 0.1) is 16.9 Å². The molecular weight excluding hydrogens is 630 g/mol. The second-order valence-electron chi connectivity index (χ2n) is 13.5. The molecule has 0 aliphatic carbocycles. The molecule has 0 aromatic heterocycles. The second kappa shape index (κ2) is 16.2. The molecule has 12 heteroatoms. The lowest BCUT2D eigenvalue weighted by molar-refractivity contribution is -0.118. The Hall–Kier alpha value is -4.55. The Balaban J connectivity index is 1.17. The van der Waals surface area contributed by atoms with Crippen molar-refractivity contribution in [2.45, 2.75) is 38.8 Å². The van der Waals surface area contributed by atoms with Gasteiger partial charge in [0, 0.05) is 71.9 Å². The lowest BCUT2D eigenvalue weighted by Gasteiger charge is -2.39. The average molecular weight is 677 g/mol. The number of nitrogens with one attached hydrogen (secondary N) is 2. The van der Waals surface area contributed by atoms with E-state index in [1.165, 1.54) is 30.3 Å². The van der Waals surface area contributed by atoms with Crippen LogP contribution in [0.5, 0.6) is 0 Å². The summed E-state index contributed by atoms with van der Waals surface area (Å²) in [5, 5.41) is 5.54. The lowest BCUT2D eigenvalue weighted by Crippen LogP contribution is -2.53. The van der Waals surface area contributed by atoms with Gasteiger partial charge in [0.25, 0.3) is 5.91 Å². The summed E-state index contributed by atoms with van der Waals surface area (Å²) < 4.78 is 34.4. The summed E-state index contributed by atoms with van der Waals surface area (Å²) in [6.07, 6.45) is -0.106. The molecule has 0 radical (unpaired) electrons. The van der Waals surface area contributed by atoms with Crippen molar-refractivity contribution >= 4 is 29.3 Å². The monoisotopic (exact) mass is 676 g/mol. The molecule has 2 heterocycles. The highest BCUT2D eigenvalue weighted by molar-refractivity contribution is 6.02.